The number of benzene rings is 2. The Morgan fingerprint density at radius 2 is 1.81 bits per heavy atom. The summed E-state index contributed by atoms with van der Waals surface area (Å²) in [7, 11) is 0. The third-order valence-corrected chi connectivity index (χ3v) is 5.70. The number of carbonyl (C=O) groups is 2. The van der Waals surface area contributed by atoms with Gasteiger partial charge in [-0.3, -0.25) is 14.2 Å². The number of rotatable bonds is 7. The van der Waals surface area contributed by atoms with Crippen LogP contribution in [0.15, 0.2) is 57.7 Å². The van der Waals surface area contributed by atoms with Gasteiger partial charge in [0.15, 0.2) is 5.58 Å². The van der Waals surface area contributed by atoms with E-state index in [4.69, 9.17) is 9.15 Å². The Bertz CT molecular complexity index is 1160. The minimum absolute atomic E-state index is 0.00602. The van der Waals surface area contributed by atoms with Crippen molar-refractivity contribution in [2.24, 2.45) is 0 Å². The van der Waals surface area contributed by atoms with Gasteiger partial charge in [0.1, 0.15) is 5.75 Å². The van der Waals surface area contributed by atoms with E-state index in [0.717, 1.165) is 0 Å². The van der Waals surface area contributed by atoms with Crippen LogP contribution in [0.4, 0.5) is 0 Å². The van der Waals surface area contributed by atoms with E-state index in [1.165, 1.54) is 4.57 Å². The maximum atomic E-state index is 12.9. The maximum Gasteiger partial charge on any atom is 0.419 e. The predicted molar refractivity (Wildman–Crippen MR) is 120 cm³/mol. The van der Waals surface area contributed by atoms with E-state index in [-0.39, 0.29) is 30.8 Å². The first-order valence-electron chi connectivity index (χ1n) is 11.0. The predicted octanol–water partition coefficient (Wildman–Crippen LogP) is 2.80. The molecule has 2 aromatic carbocycles. The first-order chi connectivity index (χ1) is 15.6. The molecule has 8 nitrogen and oxygen atoms in total. The van der Waals surface area contributed by atoms with Gasteiger partial charge in [-0.05, 0) is 44.0 Å². The van der Waals surface area contributed by atoms with Crippen molar-refractivity contribution in [2.75, 3.05) is 19.7 Å². The van der Waals surface area contributed by atoms with Gasteiger partial charge < -0.3 is 19.4 Å². The number of oxazole rings is 1. The third-order valence-electron chi connectivity index (χ3n) is 5.70. The van der Waals surface area contributed by atoms with Gasteiger partial charge in [-0.1, -0.05) is 24.3 Å². The van der Waals surface area contributed by atoms with E-state index in [2.05, 4.69) is 5.32 Å². The van der Waals surface area contributed by atoms with Crippen LogP contribution in [0.25, 0.3) is 11.1 Å². The number of hydrogen-bond acceptors (Lipinski definition) is 5. The summed E-state index contributed by atoms with van der Waals surface area (Å²) in [6.07, 6.45) is 1.55. The van der Waals surface area contributed by atoms with E-state index < -0.39 is 5.76 Å². The molecule has 4 rings (SSSR count). The van der Waals surface area contributed by atoms with Gasteiger partial charge in [-0.15, -0.1) is 0 Å². The normalized spacial score (nSPS) is 14.5. The van der Waals surface area contributed by atoms with Crippen LogP contribution in [0.1, 0.15) is 36.5 Å². The fourth-order valence-electron chi connectivity index (χ4n) is 4.06. The molecule has 168 valence electrons. The highest BCUT2D eigenvalue weighted by Crippen LogP contribution is 2.22. The standard InChI is InChI=1S/C24H27N3O5/c1-2-31-20-9-5-3-7-18(20)23(29)26-14-11-17(12-15-26)25-22(28)13-16-27-19-8-4-6-10-21(19)32-24(27)30/h3-10,17H,2,11-16H2,1H3,(H,25,28). The topological polar surface area (TPSA) is 93.8 Å². The number of piperidine rings is 1. The summed E-state index contributed by atoms with van der Waals surface area (Å²) in [5.41, 5.74) is 1.76. The van der Waals surface area contributed by atoms with Crippen molar-refractivity contribution in [2.45, 2.75) is 38.8 Å². The van der Waals surface area contributed by atoms with Crippen LogP contribution in [0.5, 0.6) is 5.75 Å². The van der Waals surface area contributed by atoms with Crippen LogP contribution in [-0.2, 0) is 11.3 Å². The van der Waals surface area contributed by atoms with Crippen molar-refractivity contribution in [1.29, 1.82) is 0 Å². The number of nitrogens with one attached hydrogen (secondary N) is 1. The molecule has 0 bridgehead atoms. The molecule has 2 heterocycles. The average Bonchev–Trinajstić information content (AvgIpc) is 3.13. The molecule has 0 spiro atoms. The molecule has 1 fully saturated rings. The molecule has 1 N–H and O–H groups in total. The van der Waals surface area contributed by atoms with E-state index in [0.29, 0.717) is 55.0 Å². The molecule has 0 saturated carbocycles. The highest BCUT2D eigenvalue weighted by Gasteiger charge is 2.26. The molecular formula is C24H27N3O5. The van der Waals surface area contributed by atoms with E-state index >= 15 is 0 Å². The van der Waals surface area contributed by atoms with Crippen molar-refractivity contribution in [3.63, 3.8) is 0 Å². The highest BCUT2D eigenvalue weighted by atomic mass is 16.5. The van der Waals surface area contributed by atoms with Crippen LogP contribution < -0.4 is 15.8 Å². The Morgan fingerprint density at radius 1 is 1.09 bits per heavy atom. The molecule has 3 aromatic rings. The summed E-state index contributed by atoms with van der Waals surface area (Å²) in [6.45, 7) is 3.78. The maximum absolute atomic E-state index is 12.9. The molecule has 2 amide bonds. The highest BCUT2D eigenvalue weighted by molar-refractivity contribution is 5.97. The fourth-order valence-corrected chi connectivity index (χ4v) is 4.06. The lowest BCUT2D eigenvalue weighted by atomic mass is 10.0. The second-order valence-electron chi connectivity index (χ2n) is 7.80. The number of amides is 2. The number of hydrogen-bond donors (Lipinski definition) is 1. The molecule has 1 aromatic heterocycles. The summed E-state index contributed by atoms with van der Waals surface area (Å²) < 4.78 is 12.3. The number of aryl methyl sites for hydroxylation is 1. The molecule has 1 saturated heterocycles. The minimum Gasteiger partial charge on any atom is -0.493 e. The number of ether oxygens (including phenoxy) is 1. The van der Waals surface area contributed by atoms with Gasteiger partial charge in [0, 0.05) is 32.1 Å². The van der Waals surface area contributed by atoms with Crippen molar-refractivity contribution in [3.05, 3.63) is 64.6 Å². The lowest BCUT2D eigenvalue weighted by molar-refractivity contribution is -0.122. The van der Waals surface area contributed by atoms with Crippen LogP contribution in [0.2, 0.25) is 0 Å². The molecule has 0 atom stereocenters. The summed E-state index contributed by atoms with van der Waals surface area (Å²) >= 11 is 0. The van der Waals surface area contributed by atoms with E-state index in [1.54, 1.807) is 35.2 Å². The number of nitrogens with zero attached hydrogens (tertiary/aromatic N) is 2. The number of fused-ring (bicyclic) bond motifs is 1. The van der Waals surface area contributed by atoms with Crippen molar-refractivity contribution < 1.29 is 18.7 Å². The van der Waals surface area contributed by atoms with E-state index in [1.807, 2.05) is 25.1 Å². The molecule has 0 radical (unpaired) electrons. The van der Waals surface area contributed by atoms with Crippen LogP contribution in [-0.4, -0.2) is 47.0 Å². The summed E-state index contributed by atoms with van der Waals surface area (Å²) in [6, 6.07) is 14.4. The lowest BCUT2D eigenvalue weighted by Crippen LogP contribution is -2.46. The SMILES string of the molecule is CCOc1ccccc1C(=O)N1CCC(NC(=O)CCn2c(=O)oc3ccccc32)CC1. The molecule has 8 heteroatoms. The second-order valence-corrected chi connectivity index (χ2v) is 7.80. The quantitative estimate of drug-likeness (QED) is 0.614. The zero-order valence-corrected chi connectivity index (χ0v) is 18.1. The van der Waals surface area contributed by atoms with Gasteiger partial charge in [-0.2, -0.15) is 0 Å². The molecule has 1 aliphatic heterocycles. The smallest absolute Gasteiger partial charge is 0.419 e. The van der Waals surface area contributed by atoms with Crippen LogP contribution in [0, 0.1) is 0 Å². The number of likely N-dealkylation sites (tertiary alicyclic amines) is 1. The number of aromatic nitrogens is 1. The average molecular weight is 437 g/mol. The van der Waals surface area contributed by atoms with Gasteiger partial charge in [0.05, 0.1) is 17.7 Å². The summed E-state index contributed by atoms with van der Waals surface area (Å²) in [5.74, 6) is -0.0331. The Balaban J connectivity index is 1.28. The first-order valence-corrected chi connectivity index (χ1v) is 11.0. The monoisotopic (exact) mass is 437 g/mol. The number of carbonyl (C=O) groups excluding carboxylic acids is 2. The van der Waals surface area contributed by atoms with E-state index in [9.17, 15) is 14.4 Å². The third kappa shape index (κ3) is 4.69. The van der Waals surface area contributed by atoms with Gasteiger partial charge in [-0.25, -0.2) is 4.79 Å². The molecule has 1 aliphatic rings. The molecule has 0 unspecified atom stereocenters. The van der Waals surface area contributed by atoms with Crippen molar-refractivity contribution in [3.8, 4) is 5.75 Å². The largest absolute Gasteiger partial charge is 0.493 e. The zero-order valence-electron chi connectivity index (χ0n) is 18.1. The van der Waals surface area contributed by atoms with Gasteiger partial charge in [0.25, 0.3) is 5.91 Å². The summed E-state index contributed by atoms with van der Waals surface area (Å²) in [5, 5.41) is 3.03. The Morgan fingerprint density at radius 3 is 2.59 bits per heavy atom. The molecular weight excluding hydrogens is 410 g/mol. The molecule has 32 heavy (non-hydrogen) atoms. The minimum atomic E-state index is -0.460. The zero-order chi connectivity index (χ0) is 22.5. The van der Waals surface area contributed by atoms with Crippen molar-refractivity contribution in [1.82, 2.24) is 14.8 Å². The van der Waals surface area contributed by atoms with Crippen molar-refractivity contribution >= 4 is 22.9 Å². The Labute approximate surface area is 185 Å². The Hall–Kier alpha value is -3.55. The summed E-state index contributed by atoms with van der Waals surface area (Å²) in [4.78, 5) is 39.2. The van der Waals surface area contributed by atoms with Crippen LogP contribution >= 0.6 is 0 Å². The number of para-hydroxylation sites is 3. The Kier molecular flexibility index (Phi) is 6.58. The second kappa shape index (κ2) is 9.72. The lowest BCUT2D eigenvalue weighted by Gasteiger charge is -2.32. The molecule has 0 aliphatic carbocycles. The van der Waals surface area contributed by atoms with Gasteiger partial charge in [0.2, 0.25) is 5.91 Å². The first kappa shape index (κ1) is 21.7. The van der Waals surface area contributed by atoms with Gasteiger partial charge >= 0.3 is 5.76 Å². The van der Waals surface area contributed by atoms with Crippen LogP contribution in [0.3, 0.4) is 0 Å². The fraction of sp³-hybridized carbons (Fsp3) is 0.375.